The van der Waals surface area contributed by atoms with Gasteiger partial charge in [0, 0.05) is 65.6 Å². The van der Waals surface area contributed by atoms with Crippen LogP contribution in [0.4, 0.5) is 0 Å². The van der Waals surface area contributed by atoms with Gasteiger partial charge in [-0.05, 0) is 152 Å². The Bertz CT molecular complexity index is 8500. The molecule has 4 aromatic heterocycles. The Morgan fingerprint density at radius 1 is 0.243 bits per heavy atom. The van der Waals surface area contributed by atoms with Gasteiger partial charge < -0.3 is 18.3 Å². The molecule has 0 saturated heterocycles. The van der Waals surface area contributed by atoms with E-state index in [0.29, 0.717) is 98.3 Å². The van der Waals surface area contributed by atoms with Gasteiger partial charge >= 0.3 is 0 Å². The normalized spacial score (nSPS) is 15.0. The first-order valence-corrected chi connectivity index (χ1v) is 37.2. The van der Waals surface area contributed by atoms with E-state index in [1.807, 2.05) is 224 Å². The van der Waals surface area contributed by atoms with Crippen molar-refractivity contribution in [1.29, 1.82) is 0 Å². The Morgan fingerprint density at radius 3 is 0.973 bits per heavy atom. The summed E-state index contributed by atoms with van der Waals surface area (Å²) in [6.45, 7) is 4.11. The summed E-state index contributed by atoms with van der Waals surface area (Å²) >= 11 is 0. The van der Waals surface area contributed by atoms with Crippen molar-refractivity contribution in [2.75, 3.05) is 0 Å². The summed E-state index contributed by atoms with van der Waals surface area (Å²) in [4.78, 5) is 0. The standard InChI is InChI=1S/C106H71BN4/c1-106(2,3)72-64-97-101-98(65-72)111-103-74(69-36-14-7-15-37-69)49-29-51-88(103)80-43-19-17-39-76(80)78-41-21-23-47-86(78)100-94(109-92-53-27-25-45-82(92)84-57-55-71(63-96(84)109)67-32-10-5-11-33-67)61-59-90(105(100)111)107(101)89-58-60-93(108-91-52-26-24-44-81(91)83-56-54-70(62-95(83)108)66-30-8-4-9-31-66)99-85-46-22-20-40-77(85)75-38-16-18-42-79(75)87-50-28-48-73(68-34-12-6-13-35-68)102(87)110(97)104(89)99/h4-65H,1-3H3/i24D,25D,26D,27D,44D,45D,52D,53D,54D,55D,56D,57D,58D,59D,60D,61D,62D,63D,64D,65D. The summed E-state index contributed by atoms with van der Waals surface area (Å²) in [6, 6.07) is 68.8. The quantitative estimate of drug-likeness (QED) is 0.148. The molecule has 111 heavy (non-hydrogen) atoms. The van der Waals surface area contributed by atoms with Crippen molar-refractivity contribution in [2.24, 2.45) is 0 Å². The Labute approximate surface area is 670 Å². The molecule has 0 N–H and O–H groups in total. The third-order valence-corrected chi connectivity index (χ3v) is 22.6. The fourth-order valence-electron chi connectivity index (χ4n) is 17.8. The molecule has 23 rings (SSSR count). The highest BCUT2D eigenvalue weighted by Crippen LogP contribution is 2.49. The first kappa shape index (κ1) is 46.3. The van der Waals surface area contributed by atoms with E-state index >= 15 is 0 Å². The van der Waals surface area contributed by atoms with Crippen LogP contribution in [0.25, 0.3) is 198 Å². The summed E-state index contributed by atoms with van der Waals surface area (Å²) in [5.74, 6) is 0. The van der Waals surface area contributed by atoms with Crippen LogP contribution in [0.3, 0.4) is 0 Å². The van der Waals surface area contributed by atoms with Crippen molar-refractivity contribution < 1.29 is 27.4 Å². The summed E-state index contributed by atoms with van der Waals surface area (Å²) in [7, 11) is 0. The minimum absolute atomic E-state index is 0.0167. The average Bonchev–Trinajstić information content (AvgIpc) is 1.63. The van der Waals surface area contributed by atoms with E-state index < -0.39 is 109 Å². The average molecular weight is 1430 g/mol. The van der Waals surface area contributed by atoms with Gasteiger partial charge in [-0.1, -0.05) is 348 Å². The Kier molecular flexibility index (Phi) is 10.1. The predicted molar refractivity (Wildman–Crippen MR) is 474 cm³/mol. The van der Waals surface area contributed by atoms with Crippen LogP contribution < -0.4 is 16.4 Å². The van der Waals surface area contributed by atoms with Crippen LogP contribution in [0.1, 0.15) is 53.7 Å². The number of benzene rings is 17. The highest BCUT2D eigenvalue weighted by Gasteiger charge is 2.42. The number of aromatic nitrogens is 4. The Morgan fingerprint density at radius 2 is 0.577 bits per heavy atom. The van der Waals surface area contributed by atoms with E-state index in [1.165, 1.54) is 9.13 Å². The molecule has 6 heterocycles. The van der Waals surface area contributed by atoms with Gasteiger partial charge in [0.1, 0.15) is 0 Å². The molecule has 0 radical (unpaired) electrons. The second-order valence-corrected chi connectivity index (χ2v) is 29.7. The number of hydrogen-bond acceptors (Lipinski definition) is 0. The van der Waals surface area contributed by atoms with E-state index in [2.05, 4.69) is 0 Å². The highest BCUT2D eigenvalue weighted by atomic mass is 15.1. The predicted octanol–water partition coefficient (Wildman–Crippen LogP) is 26.0. The second kappa shape index (κ2) is 24.3. The Balaban J connectivity index is 1.09. The van der Waals surface area contributed by atoms with E-state index in [-0.39, 0.29) is 145 Å². The molecule has 0 saturated carbocycles. The van der Waals surface area contributed by atoms with Crippen molar-refractivity contribution in [3.8, 4) is 67.3 Å². The first-order chi connectivity index (χ1) is 63.2. The van der Waals surface area contributed by atoms with Crippen LogP contribution >= 0.6 is 0 Å². The van der Waals surface area contributed by atoms with Crippen molar-refractivity contribution in [3.63, 3.8) is 0 Å². The zero-order valence-electron chi connectivity index (χ0n) is 80.1. The lowest BCUT2D eigenvalue weighted by molar-refractivity contribution is 0.589. The van der Waals surface area contributed by atoms with Crippen LogP contribution in [-0.4, -0.2) is 25.0 Å². The van der Waals surface area contributed by atoms with Crippen molar-refractivity contribution in [3.05, 3.63) is 381 Å². The smallest absolute Gasteiger partial charge is 0.252 e. The molecule has 0 atom stereocenters. The molecule has 5 heteroatoms. The molecule has 0 bridgehead atoms. The summed E-state index contributed by atoms with van der Waals surface area (Å²) in [5.41, 5.74) is 2.19. The number of rotatable bonds is 6. The van der Waals surface area contributed by atoms with Crippen LogP contribution in [0.15, 0.2) is 376 Å². The lowest BCUT2D eigenvalue weighted by atomic mass is 9.34. The largest absolute Gasteiger partial charge is 0.309 e. The van der Waals surface area contributed by atoms with Crippen LogP contribution in [0.2, 0.25) is 0 Å². The molecule has 0 spiro atoms. The molecule has 4 nitrogen and oxygen atoms in total. The summed E-state index contributed by atoms with van der Waals surface area (Å²) in [5, 5.41) is 4.97. The van der Waals surface area contributed by atoms with Gasteiger partial charge in [0.2, 0.25) is 0 Å². The summed E-state index contributed by atoms with van der Waals surface area (Å²) in [6.07, 6.45) is 0. The second-order valence-electron chi connectivity index (χ2n) is 29.7. The van der Waals surface area contributed by atoms with E-state index in [9.17, 15) is 27.4 Å². The maximum atomic E-state index is 12.1. The fourth-order valence-corrected chi connectivity index (χ4v) is 17.8. The Hall–Kier alpha value is -14.0. The maximum absolute atomic E-state index is 12.1. The lowest BCUT2D eigenvalue weighted by Gasteiger charge is -2.38. The summed E-state index contributed by atoms with van der Waals surface area (Å²) < 4.78 is 221. The number of hydrogen-bond donors (Lipinski definition) is 0. The van der Waals surface area contributed by atoms with Crippen LogP contribution in [0, 0.1) is 0 Å². The van der Waals surface area contributed by atoms with E-state index in [4.69, 9.17) is 0 Å². The van der Waals surface area contributed by atoms with E-state index in [1.54, 1.807) is 60.7 Å². The minimum atomic E-state index is -1.70. The van der Waals surface area contributed by atoms with Crippen LogP contribution in [-0.2, 0) is 5.41 Å². The molecule has 17 aromatic carbocycles. The van der Waals surface area contributed by atoms with Crippen molar-refractivity contribution >= 4 is 153 Å². The molecule has 2 aliphatic rings. The van der Waals surface area contributed by atoms with Crippen molar-refractivity contribution in [2.45, 2.75) is 26.2 Å². The number of fused-ring (bicyclic) bond motifs is 24. The highest BCUT2D eigenvalue weighted by molar-refractivity contribution is 7.00. The first-order valence-electron chi connectivity index (χ1n) is 47.2. The zero-order chi connectivity index (χ0) is 90.7. The topological polar surface area (TPSA) is 19.7 Å². The van der Waals surface area contributed by atoms with Gasteiger partial charge in [-0.2, -0.15) is 0 Å². The van der Waals surface area contributed by atoms with Gasteiger partial charge in [-0.15, -0.1) is 0 Å². The molecular weight excluding hydrogens is 1340 g/mol. The van der Waals surface area contributed by atoms with Gasteiger partial charge in [0.25, 0.3) is 6.71 Å². The molecule has 0 unspecified atom stereocenters. The molecule has 21 aromatic rings. The zero-order valence-corrected chi connectivity index (χ0v) is 60.1. The maximum Gasteiger partial charge on any atom is 0.252 e. The molecule has 0 fully saturated rings. The molecule has 0 amide bonds. The van der Waals surface area contributed by atoms with Gasteiger partial charge in [-0.25, -0.2) is 0 Å². The molecule has 0 aliphatic carbocycles. The molecule has 518 valence electrons. The van der Waals surface area contributed by atoms with Crippen LogP contribution in [0.5, 0.6) is 0 Å². The molecule has 2 aliphatic heterocycles. The number of nitrogens with zero attached hydrogens (tertiary/aromatic N) is 4. The third kappa shape index (κ3) is 9.30. The third-order valence-electron chi connectivity index (χ3n) is 22.6. The minimum Gasteiger partial charge on any atom is -0.309 e. The number of para-hydroxylation sites is 4. The van der Waals surface area contributed by atoms with Gasteiger partial charge in [0.05, 0.1) is 82.9 Å². The SMILES string of the molecule is [2H]c1c2c3c(c([2H])c1C(C)(C)C)-n1c4c(-c5ccccc5)cccc4c4ccccc4c4ccccc4c4c(-n5c6c([2H])c([2H])c([2H])c([2H])c6c6c([2H])c([2H])c(-c7ccccc7)c([2H])c65)c([2H])c([2H])c(c41)B3c1c([2H])c([2H])c(-n3c4c([2H])c([2H])c([2H])c([2H])c4c4c([2H])c([2H])c(-c5ccccc5)c([2H])c43)c3c4ccccc4c4ccccc4c4cccc(-c5ccccc5)c4n-2c13. The lowest BCUT2D eigenvalue weighted by Crippen LogP contribution is -2.60. The van der Waals surface area contributed by atoms with Crippen molar-refractivity contribution in [1.82, 2.24) is 18.3 Å². The van der Waals surface area contributed by atoms with E-state index in [0.717, 1.165) is 0 Å². The van der Waals surface area contributed by atoms with Gasteiger partial charge in [-0.3, -0.25) is 0 Å². The fraction of sp³-hybridized carbons (Fsp3) is 0.0377. The van der Waals surface area contributed by atoms with Gasteiger partial charge in [0.15, 0.2) is 0 Å². The monoisotopic (exact) mass is 1430 g/mol. The molecular formula is C106H71BN4.